The van der Waals surface area contributed by atoms with Crippen molar-refractivity contribution in [1.82, 2.24) is 4.57 Å². The zero-order valence-corrected chi connectivity index (χ0v) is 21.1. The fourth-order valence-corrected chi connectivity index (χ4v) is 4.86. The van der Waals surface area contributed by atoms with E-state index in [1.165, 1.54) is 18.3 Å². The van der Waals surface area contributed by atoms with Gasteiger partial charge in [0.2, 0.25) is 5.78 Å². The zero-order chi connectivity index (χ0) is 26.4. The van der Waals surface area contributed by atoms with Crippen LogP contribution in [0.5, 0.6) is 0 Å². The van der Waals surface area contributed by atoms with Crippen molar-refractivity contribution in [3.63, 3.8) is 0 Å². The molecule has 0 saturated carbocycles. The number of nitrogen functional groups attached to an aromatic ring is 1. The molecular weight excluding hydrogens is 543 g/mol. The first kappa shape index (κ1) is 25.0. The maximum Gasteiger partial charge on any atom is 0.266 e. The fraction of sp³-hybridized carbons (Fsp3) is 0.0370. The number of anilines is 2. The highest BCUT2D eigenvalue weighted by Crippen LogP contribution is 2.37. The third-order valence-electron chi connectivity index (χ3n) is 6.01. The SMILES string of the molecule is Nc1ccc(F)c(C(=O)c2cn(C(=O)c3c(Cl)cccc3Cl)c3c2C=C(c2ccc(Cl)cc2)CN3)c1F. The first-order valence-corrected chi connectivity index (χ1v) is 12.0. The van der Waals surface area contributed by atoms with Gasteiger partial charge >= 0.3 is 0 Å². The number of carbonyl (C=O) groups is 2. The highest BCUT2D eigenvalue weighted by molar-refractivity contribution is 6.40. The van der Waals surface area contributed by atoms with Crippen molar-refractivity contribution >= 4 is 69.6 Å². The molecule has 0 atom stereocenters. The fourth-order valence-electron chi connectivity index (χ4n) is 4.18. The van der Waals surface area contributed by atoms with Gasteiger partial charge in [-0.05, 0) is 53.6 Å². The summed E-state index contributed by atoms with van der Waals surface area (Å²) in [6.07, 6.45) is 2.90. The van der Waals surface area contributed by atoms with Gasteiger partial charge in [0.1, 0.15) is 11.6 Å². The van der Waals surface area contributed by atoms with E-state index in [1.807, 2.05) is 0 Å². The number of rotatable bonds is 4. The van der Waals surface area contributed by atoms with E-state index in [2.05, 4.69) is 5.32 Å². The van der Waals surface area contributed by atoms with Crippen LogP contribution < -0.4 is 11.1 Å². The number of ketones is 1. The van der Waals surface area contributed by atoms with Gasteiger partial charge in [-0.2, -0.15) is 0 Å². The van der Waals surface area contributed by atoms with Gasteiger partial charge in [0, 0.05) is 23.3 Å². The minimum absolute atomic E-state index is 0.0122. The van der Waals surface area contributed by atoms with Crippen LogP contribution in [0.1, 0.15) is 37.4 Å². The van der Waals surface area contributed by atoms with Gasteiger partial charge in [-0.3, -0.25) is 14.2 Å². The number of fused-ring (bicyclic) bond motifs is 1. The van der Waals surface area contributed by atoms with Gasteiger partial charge in [-0.1, -0.05) is 53.0 Å². The van der Waals surface area contributed by atoms with Gasteiger partial charge in [-0.15, -0.1) is 0 Å². The van der Waals surface area contributed by atoms with E-state index in [0.717, 1.165) is 27.8 Å². The molecule has 0 amide bonds. The monoisotopic (exact) mass is 557 g/mol. The molecule has 1 aliphatic rings. The molecule has 2 heterocycles. The zero-order valence-electron chi connectivity index (χ0n) is 18.8. The van der Waals surface area contributed by atoms with E-state index in [9.17, 15) is 18.4 Å². The minimum atomic E-state index is -1.18. The number of carbonyl (C=O) groups excluding carboxylic acids is 2. The Bertz CT molecular complexity index is 1610. The number of aromatic nitrogens is 1. The van der Waals surface area contributed by atoms with E-state index < -0.39 is 28.9 Å². The molecule has 0 unspecified atom stereocenters. The highest BCUT2D eigenvalue weighted by atomic mass is 35.5. The highest BCUT2D eigenvalue weighted by Gasteiger charge is 2.31. The van der Waals surface area contributed by atoms with Gasteiger partial charge in [0.15, 0.2) is 5.82 Å². The lowest BCUT2D eigenvalue weighted by Crippen LogP contribution is -2.19. The average Bonchev–Trinajstić information content (AvgIpc) is 3.25. The van der Waals surface area contributed by atoms with Crippen molar-refractivity contribution in [2.75, 3.05) is 17.6 Å². The van der Waals surface area contributed by atoms with Gasteiger partial charge in [0.05, 0.1) is 32.4 Å². The number of halogens is 5. The first-order chi connectivity index (χ1) is 17.7. The summed E-state index contributed by atoms with van der Waals surface area (Å²) >= 11 is 18.5. The lowest BCUT2D eigenvalue weighted by molar-refractivity contribution is 0.0962. The molecule has 0 radical (unpaired) electrons. The molecule has 3 aromatic carbocycles. The molecular formula is C27H16Cl3F2N3O2. The number of hydrogen-bond donors (Lipinski definition) is 2. The molecule has 4 aromatic rings. The Hall–Kier alpha value is -3.65. The molecule has 5 nitrogen and oxygen atoms in total. The lowest BCUT2D eigenvalue weighted by Gasteiger charge is -2.19. The van der Waals surface area contributed by atoms with Crippen molar-refractivity contribution < 1.29 is 18.4 Å². The Morgan fingerprint density at radius 2 is 1.59 bits per heavy atom. The Morgan fingerprint density at radius 3 is 2.27 bits per heavy atom. The van der Waals surface area contributed by atoms with Crippen LogP contribution in [0.4, 0.5) is 20.3 Å². The molecule has 10 heteroatoms. The van der Waals surface area contributed by atoms with E-state index in [-0.39, 0.29) is 44.8 Å². The second-order valence-electron chi connectivity index (χ2n) is 8.26. The Morgan fingerprint density at radius 1 is 0.919 bits per heavy atom. The maximum absolute atomic E-state index is 14.8. The second kappa shape index (κ2) is 9.67. The number of hydrogen-bond acceptors (Lipinski definition) is 4. The number of nitrogens with zero attached hydrogens (tertiary/aromatic N) is 1. The third-order valence-corrected chi connectivity index (χ3v) is 6.89. The smallest absolute Gasteiger partial charge is 0.266 e. The summed E-state index contributed by atoms with van der Waals surface area (Å²) in [5, 5.41) is 3.90. The normalized spacial score (nSPS) is 12.5. The van der Waals surface area contributed by atoms with Crippen molar-refractivity contribution in [3.05, 3.63) is 115 Å². The van der Waals surface area contributed by atoms with Crippen molar-refractivity contribution in [1.29, 1.82) is 0 Å². The van der Waals surface area contributed by atoms with Crippen molar-refractivity contribution in [3.8, 4) is 0 Å². The molecule has 0 fully saturated rings. The summed E-state index contributed by atoms with van der Waals surface area (Å²) in [7, 11) is 0. The molecule has 1 aromatic heterocycles. The van der Waals surface area contributed by atoms with Crippen LogP contribution in [0.25, 0.3) is 11.6 Å². The molecule has 0 saturated heterocycles. The molecule has 0 spiro atoms. The number of nitrogens with two attached hydrogens (primary N) is 1. The van der Waals surface area contributed by atoms with E-state index in [0.29, 0.717) is 5.02 Å². The second-order valence-corrected chi connectivity index (χ2v) is 9.51. The average molecular weight is 559 g/mol. The third kappa shape index (κ3) is 4.39. The predicted octanol–water partition coefficient (Wildman–Crippen LogP) is 7.19. The quantitative estimate of drug-likeness (QED) is 0.205. The van der Waals surface area contributed by atoms with Crippen LogP contribution in [0, 0.1) is 11.6 Å². The van der Waals surface area contributed by atoms with E-state index in [4.69, 9.17) is 40.5 Å². The molecule has 0 aliphatic carbocycles. The largest absolute Gasteiger partial charge is 0.396 e. The summed E-state index contributed by atoms with van der Waals surface area (Å²) < 4.78 is 30.6. The summed E-state index contributed by atoms with van der Waals surface area (Å²) in [5.74, 6) is -3.63. The number of benzene rings is 3. The van der Waals surface area contributed by atoms with Crippen molar-refractivity contribution in [2.45, 2.75) is 0 Å². The Kier molecular flexibility index (Phi) is 6.54. The molecule has 37 heavy (non-hydrogen) atoms. The minimum Gasteiger partial charge on any atom is -0.396 e. The molecule has 0 bridgehead atoms. The summed E-state index contributed by atoms with van der Waals surface area (Å²) in [5.41, 5.74) is 6.11. The standard InChI is InChI=1S/C27H16Cl3F2N3O2/c28-15-6-4-13(5-7-15)14-10-16-17(25(36)23-20(31)8-9-21(33)24(23)32)12-35(26(16)34-11-14)27(37)22-18(29)2-1-3-19(22)30/h1-10,12,34H,11,33H2. The van der Waals surface area contributed by atoms with E-state index in [1.54, 1.807) is 36.4 Å². The summed E-state index contributed by atoms with van der Waals surface area (Å²) in [4.78, 5) is 27.1. The van der Waals surface area contributed by atoms with Gasteiger partial charge < -0.3 is 11.1 Å². The van der Waals surface area contributed by atoms with Crippen LogP contribution in [0.3, 0.4) is 0 Å². The van der Waals surface area contributed by atoms with Crippen molar-refractivity contribution in [2.24, 2.45) is 0 Å². The predicted molar refractivity (Wildman–Crippen MR) is 143 cm³/mol. The molecule has 1 aliphatic heterocycles. The van der Waals surface area contributed by atoms with Gasteiger partial charge in [-0.25, -0.2) is 8.78 Å². The Balaban J connectivity index is 1.72. The number of nitrogens with one attached hydrogen (secondary N) is 1. The lowest BCUT2D eigenvalue weighted by atomic mass is 9.95. The molecule has 5 rings (SSSR count). The van der Waals surface area contributed by atoms with Gasteiger partial charge in [0.25, 0.3) is 5.91 Å². The Labute approximate surface area is 225 Å². The summed E-state index contributed by atoms with van der Waals surface area (Å²) in [6, 6.07) is 13.6. The van der Waals surface area contributed by atoms with E-state index >= 15 is 0 Å². The first-order valence-electron chi connectivity index (χ1n) is 10.9. The molecule has 186 valence electrons. The van der Waals surface area contributed by atoms with Crippen LogP contribution in [-0.4, -0.2) is 22.8 Å². The summed E-state index contributed by atoms with van der Waals surface area (Å²) in [6.45, 7) is 0.289. The molecule has 3 N–H and O–H groups in total. The topological polar surface area (TPSA) is 77.1 Å². The van der Waals surface area contributed by atoms with Crippen LogP contribution >= 0.6 is 34.8 Å². The maximum atomic E-state index is 14.8. The van der Waals surface area contributed by atoms with Crippen LogP contribution in [0.2, 0.25) is 15.1 Å². The van der Waals surface area contributed by atoms with Crippen LogP contribution in [0.15, 0.2) is 60.8 Å². The van der Waals surface area contributed by atoms with Crippen LogP contribution in [-0.2, 0) is 0 Å².